The molecule has 2 N–H and O–H groups in total. The van der Waals surface area contributed by atoms with Crippen LogP contribution in [0.4, 0.5) is 0 Å². The Balaban J connectivity index is 0.000000226. The number of aliphatic hydroxyl groups is 1. The van der Waals surface area contributed by atoms with E-state index >= 15 is 0 Å². The Hall–Kier alpha value is -0.900. The number of imide groups is 1. The van der Waals surface area contributed by atoms with Crippen molar-refractivity contribution in [3.05, 3.63) is 0 Å². The number of hydrogen-bond donors (Lipinski definition) is 2. The number of rotatable bonds is 3. The van der Waals surface area contributed by atoms with Gasteiger partial charge in [0.25, 0.3) is 0 Å². The van der Waals surface area contributed by atoms with Crippen molar-refractivity contribution in [3.63, 3.8) is 0 Å². The molecule has 0 aromatic heterocycles. The first-order valence-electron chi connectivity index (χ1n) is 4.64. The number of carbonyl (C=O) groups is 2. The first kappa shape index (κ1) is 12.1. The summed E-state index contributed by atoms with van der Waals surface area (Å²) in [5, 5.41) is 10.3. The van der Waals surface area contributed by atoms with Gasteiger partial charge in [0, 0.05) is 19.4 Å². The van der Waals surface area contributed by atoms with Gasteiger partial charge in [-0.3, -0.25) is 14.9 Å². The fourth-order valence-corrected chi connectivity index (χ4v) is 0.869. The molecule has 0 aromatic rings. The summed E-state index contributed by atoms with van der Waals surface area (Å²) in [5.41, 5.74) is 0. The van der Waals surface area contributed by atoms with E-state index in [9.17, 15) is 9.59 Å². The molecule has 0 unspecified atom stereocenters. The van der Waals surface area contributed by atoms with Crippen LogP contribution < -0.4 is 5.32 Å². The van der Waals surface area contributed by atoms with E-state index in [0.717, 1.165) is 12.8 Å². The molecule has 4 nitrogen and oxygen atoms in total. The highest BCUT2D eigenvalue weighted by atomic mass is 16.3. The molecule has 0 atom stereocenters. The number of amides is 2. The van der Waals surface area contributed by atoms with E-state index in [1.807, 2.05) is 0 Å². The van der Waals surface area contributed by atoms with Crippen LogP contribution >= 0.6 is 0 Å². The lowest BCUT2D eigenvalue weighted by Gasteiger charge is -1.85. The van der Waals surface area contributed by atoms with Crippen LogP contribution in [0.5, 0.6) is 0 Å². The number of hydrogen-bond acceptors (Lipinski definition) is 3. The molecule has 1 fully saturated rings. The Morgan fingerprint density at radius 2 is 1.77 bits per heavy atom. The average Bonchev–Trinajstić information content (AvgIpc) is 2.47. The lowest BCUT2D eigenvalue weighted by molar-refractivity contribution is -0.124. The van der Waals surface area contributed by atoms with Crippen LogP contribution in [0.25, 0.3) is 0 Å². The third-order valence-electron chi connectivity index (χ3n) is 1.62. The molecule has 13 heavy (non-hydrogen) atoms. The molecule has 1 aliphatic heterocycles. The Labute approximate surface area is 78.3 Å². The summed E-state index contributed by atoms with van der Waals surface area (Å²) in [4.78, 5) is 20.2. The quantitative estimate of drug-likeness (QED) is 0.502. The van der Waals surface area contributed by atoms with Crippen molar-refractivity contribution in [2.75, 3.05) is 6.61 Å². The van der Waals surface area contributed by atoms with Gasteiger partial charge < -0.3 is 5.11 Å². The molecule has 1 heterocycles. The molecule has 0 radical (unpaired) electrons. The van der Waals surface area contributed by atoms with E-state index in [1.165, 1.54) is 6.42 Å². The topological polar surface area (TPSA) is 66.4 Å². The van der Waals surface area contributed by atoms with Crippen molar-refractivity contribution in [2.45, 2.75) is 39.0 Å². The molecule has 1 rings (SSSR count). The van der Waals surface area contributed by atoms with Crippen molar-refractivity contribution < 1.29 is 14.7 Å². The second-order valence-electron chi connectivity index (χ2n) is 2.90. The minimum absolute atomic E-state index is 0.148. The molecule has 1 aliphatic rings. The Bertz CT molecular complexity index is 150. The molecule has 4 heteroatoms. The van der Waals surface area contributed by atoms with Gasteiger partial charge in [-0.25, -0.2) is 0 Å². The van der Waals surface area contributed by atoms with Gasteiger partial charge >= 0.3 is 0 Å². The number of carbonyl (C=O) groups excluding carboxylic acids is 2. The van der Waals surface area contributed by atoms with Crippen LogP contribution in [0.2, 0.25) is 0 Å². The molecule has 0 bridgehead atoms. The van der Waals surface area contributed by atoms with Crippen molar-refractivity contribution in [1.82, 2.24) is 5.32 Å². The fraction of sp³-hybridized carbons (Fsp3) is 0.778. The lowest BCUT2D eigenvalue weighted by atomic mass is 10.3. The van der Waals surface area contributed by atoms with Gasteiger partial charge in [0.15, 0.2) is 0 Å². The molecule has 0 saturated carbocycles. The minimum atomic E-state index is -0.148. The van der Waals surface area contributed by atoms with Gasteiger partial charge in [-0.05, 0) is 6.42 Å². The number of nitrogens with one attached hydrogen (secondary N) is 1. The molecular weight excluding hydrogens is 170 g/mol. The highest BCUT2D eigenvalue weighted by Gasteiger charge is 2.15. The summed E-state index contributed by atoms with van der Waals surface area (Å²) in [6.07, 6.45) is 4.07. The summed E-state index contributed by atoms with van der Waals surface area (Å²) in [7, 11) is 0. The third kappa shape index (κ3) is 7.46. The number of aliphatic hydroxyl groups excluding tert-OH is 1. The van der Waals surface area contributed by atoms with E-state index in [1.54, 1.807) is 0 Å². The standard InChI is InChI=1S/C5H12O.C4H5NO2/c1-2-3-4-5-6;6-3-1-2-4(7)5-3/h6H,2-5H2,1H3;1-2H2,(H,5,6,7). The van der Waals surface area contributed by atoms with E-state index < -0.39 is 0 Å². The zero-order valence-corrected chi connectivity index (χ0v) is 8.01. The van der Waals surface area contributed by atoms with Crippen LogP contribution in [-0.2, 0) is 9.59 Å². The molecule has 0 aromatic carbocycles. The normalized spacial score (nSPS) is 14.9. The minimum Gasteiger partial charge on any atom is -0.396 e. The molecular formula is C9H17NO3. The molecule has 0 aliphatic carbocycles. The molecule has 0 spiro atoms. The van der Waals surface area contributed by atoms with Crippen molar-refractivity contribution in [2.24, 2.45) is 0 Å². The lowest BCUT2D eigenvalue weighted by Crippen LogP contribution is -2.18. The fourth-order valence-electron chi connectivity index (χ4n) is 0.869. The van der Waals surface area contributed by atoms with Gasteiger partial charge in [-0.2, -0.15) is 0 Å². The summed E-state index contributed by atoms with van der Waals surface area (Å²) < 4.78 is 0. The second-order valence-corrected chi connectivity index (χ2v) is 2.90. The highest BCUT2D eigenvalue weighted by molar-refractivity contribution is 6.01. The predicted molar refractivity (Wildman–Crippen MR) is 49.0 cm³/mol. The Morgan fingerprint density at radius 3 is 1.92 bits per heavy atom. The largest absolute Gasteiger partial charge is 0.396 e. The predicted octanol–water partition coefficient (Wildman–Crippen LogP) is 0.592. The van der Waals surface area contributed by atoms with Crippen LogP contribution in [0.3, 0.4) is 0 Å². The van der Waals surface area contributed by atoms with Crippen LogP contribution in [0.15, 0.2) is 0 Å². The van der Waals surface area contributed by atoms with E-state index in [4.69, 9.17) is 5.11 Å². The van der Waals surface area contributed by atoms with Crippen LogP contribution in [0.1, 0.15) is 39.0 Å². The Morgan fingerprint density at radius 1 is 1.23 bits per heavy atom. The zero-order valence-electron chi connectivity index (χ0n) is 8.01. The molecule has 76 valence electrons. The monoisotopic (exact) mass is 187 g/mol. The van der Waals surface area contributed by atoms with E-state index in [2.05, 4.69) is 12.2 Å². The zero-order chi connectivity index (χ0) is 10.1. The van der Waals surface area contributed by atoms with Crippen LogP contribution in [-0.4, -0.2) is 23.5 Å². The summed E-state index contributed by atoms with van der Waals surface area (Å²) >= 11 is 0. The van der Waals surface area contributed by atoms with Gasteiger partial charge in [-0.15, -0.1) is 0 Å². The summed E-state index contributed by atoms with van der Waals surface area (Å²) in [6.45, 7) is 2.48. The SMILES string of the molecule is CCCCCO.O=C1CCC(=O)N1. The van der Waals surface area contributed by atoms with Crippen molar-refractivity contribution in [1.29, 1.82) is 0 Å². The van der Waals surface area contributed by atoms with Gasteiger partial charge in [-0.1, -0.05) is 19.8 Å². The van der Waals surface area contributed by atoms with Crippen molar-refractivity contribution in [3.8, 4) is 0 Å². The van der Waals surface area contributed by atoms with E-state index in [0.29, 0.717) is 19.4 Å². The maximum atomic E-state index is 10.1. The third-order valence-corrected chi connectivity index (χ3v) is 1.62. The average molecular weight is 187 g/mol. The molecule has 2 amide bonds. The van der Waals surface area contributed by atoms with Crippen LogP contribution in [0, 0.1) is 0 Å². The van der Waals surface area contributed by atoms with Gasteiger partial charge in [0.1, 0.15) is 0 Å². The second kappa shape index (κ2) is 7.73. The Kier molecular flexibility index (Phi) is 7.20. The maximum Gasteiger partial charge on any atom is 0.227 e. The van der Waals surface area contributed by atoms with Gasteiger partial charge in [0.2, 0.25) is 11.8 Å². The summed E-state index contributed by atoms with van der Waals surface area (Å²) in [5.74, 6) is -0.296. The van der Waals surface area contributed by atoms with E-state index in [-0.39, 0.29) is 11.8 Å². The smallest absolute Gasteiger partial charge is 0.227 e. The summed E-state index contributed by atoms with van der Waals surface area (Å²) in [6, 6.07) is 0. The molecule has 1 saturated heterocycles. The van der Waals surface area contributed by atoms with Crippen molar-refractivity contribution >= 4 is 11.8 Å². The van der Waals surface area contributed by atoms with Gasteiger partial charge in [0.05, 0.1) is 0 Å². The highest BCUT2D eigenvalue weighted by Crippen LogP contribution is 1.95. The first-order chi connectivity index (χ1) is 6.20. The maximum absolute atomic E-state index is 10.1. The first-order valence-corrected chi connectivity index (χ1v) is 4.64. The number of unbranched alkanes of at least 4 members (excludes halogenated alkanes) is 2.